The van der Waals surface area contributed by atoms with Crippen LogP contribution in [-0.2, 0) is 24.7 Å². The van der Waals surface area contributed by atoms with Gasteiger partial charge in [0.1, 0.15) is 5.75 Å². The first kappa shape index (κ1) is 28.7. The van der Waals surface area contributed by atoms with Crippen molar-refractivity contribution in [2.24, 2.45) is 7.05 Å². The molecule has 1 heterocycles. The van der Waals surface area contributed by atoms with Gasteiger partial charge in [-0.1, -0.05) is 48.9 Å². The fourth-order valence-corrected chi connectivity index (χ4v) is 5.97. The van der Waals surface area contributed by atoms with Crippen molar-refractivity contribution >= 4 is 28.8 Å². The molecule has 5 nitrogen and oxygen atoms in total. The molecule has 1 N–H and O–H groups in total. The third-order valence-corrected chi connectivity index (χ3v) is 8.74. The Morgan fingerprint density at radius 1 is 1.02 bits per heavy atom. The lowest BCUT2D eigenvalue weighted by Gasteiger charge is -2.13. The minimum atomic E-state index is -0.0455. The number of rotatable bonds is 9. The Kier molecular flexibility index (Phi) is 8.37. The summed E-state index contributed by atoms with van der Waals surface area (Å²) in [5.41, 5.74) is 12.7. The van der Waals surface area contributed by atoms with Crippen LogP contribution >= 0.6 is 11.6 Å². The van der Waals surface area contributed by atoms with E-state index < -0.39 is 0 Å². The van der Waals surface area contributed by atoms with Gasteiger partial charge in [0.2, 0.25) is 0 Å². The minimum Gasteiger partial charge on any atom is -0.494 e. The molecule has 4 aromatic rings. The van der Waals surface area contributed by atoms with Gasteiger partial charge < -0.3 is 10.1 Å². The van der Waals surface area contributed by atoms with E-state index in [1.165, 1.54) is 11.1 Å². The highest BCUT2D eigenvalue weighted by molar-refractivity contribution is 6.32. The van der Waals surface area contributed by atoms with Crippen LogP contribution < -0.4 is 10.1 Å². The summed E-state index contributed by atoms with van der Waals surface area (Å²) in [6.45, 7) is 10.8. The van der Waals surface area contributed by atoms with Gasteiger partial charge >= 0.3 is 0 Å². The Morgan fingerprint density at radius 3 is 2.34 bits per heavy atom. The van der Waals surface area contributed by atoms with E-state index in [0.717, 1.165) is 86.1 Å². The standard InChI is InChI=1S/C35H38ClN3O2/c1-7-25-13-15-26(16-14-25)37-35(40)32-20-31-28(10-8-11-30(31)33-23(4)38-39(6)24(33)5)29(32)12-9-17-41-27-18-21(2)34(36)22(3)19-27/h8,10-11,13-16,18-19H,7,9,12,17,20H2,1-6H3,(H,37,40). The molecular formula is C35H38ClN3O2. The Balaban J connectivity index is 1.43. The van der Waals surface area contributed by atoms with Crippen LogP contribution in [0.1, 0.15) is 59.0 Å². The zero-order valence-electron chi connectivity index (χ0n) is 24.8. The SMILES string of the molecule is CCc1ccc(NC(=O)C2=C(CCCOc3cc(C)c(Cl)c(C)c3)c3cccc(-c4c(C)nn(C)c4C)c3C2)cc1. The van der Waals surface area contributed by atoms with Crippen molar-refractivity contribution in [3.8, 4) is 16.9 Å². The highest BCUT2D eigenvalue weighted by Crippen LogP contribution is 2.42. The van der Waals surface area contributed by atoms with Gasteiger partial charge in [-0.05, 0) is 110 Å². The molecule has 1 aromatic heterocycles. The van der Waals surface area contributed by atoms with Gasteiger partial charge in [0, 0.05) is 41.0 Å². The van der Waals surface area contributed by atoms with Gasteiger partial charge in [-0.2, -0.15) is 5.10 Å². The summed E-state index contributed by atoms with van der Waals surface area (Å²) < 4.78 is 8.05. The first-order chi connectivity index (χ1) is 19.7. The number of amides is 1. The zero-order chi connectivity index (χ0) is 29.3. The molecule has 1 aliphatic rings. The number of anilines is 1. The number of aryl methyl sites for hydroxylation is 5. The lowest BCUT2D eigenvalue weighted by atomic mass is 9.93. The smallest absolute Gasteiger partial charge is 0.252 e. The average molecular weight is 568 g/mol. The summed E-state index contributed by atoms with van der Waals surface area (Å²) >= 11 is 6.34. The van der Waals surface area contributed by atoms with Crippen molar-refractivity contribution < 1.29 is 9.53 Å². The van der Waals surface area contributed by atoms with Gasteiger partial charge in [-0.3, -0.25) is 9.48 Å². The van der Waals surface area contributed by atoms with E-state index >= 15 is 0 Å². The summed E-state index contributed by atoms with van der Waals surface area (Å²) in [4.78, 5) is 13.8. The Hall–Kier alpha value is -3.83. The summed E-state index contributed by atoms with van der Waals surface area (Å²) in [6, 6.07) is 18.5. The maximum absolute atomic E-state index is 13.8. The molecule has 0 spiro atoms. The van der Waals surface area contributed by atoms with Crippen molar-refractivity contribution in [1.82, 2.24) is 9.78 Å². The van der Waals surface area contributed by atoms with Crippen molar-refractivity contribution in [1.29, 1.82) is 0 Å². The highest BCUT2D eigenvalue weighted by Gasteiger charge is 2.29. The number of benzene rings is 3. The molecule has 1 amide bonds. The van der Waals surface area contributed by atoms with E-state index in [1.54, 1.807) is 0 Å². The molecular weight excluding hydrogens is 530 g/mol. The van der Waals surface area contributed by atoms with Crippen LogP contribution in [0.4, 0.5) is 5.69 Å². The van der Waals surface area contributed by atoms with Crippen LogP contribution in [0.3, 0.4) is 0 Å². The van der Waals surface area contributed by atoms with E-state index in [2.05, 4.69) is 61.5 Å². The van der Waals surface area contributed by atoms with Gasteiger partial charge in [-0.15, -0.1) is 0 Å². The molecule has 3 aromatic carbocycles. The van der Waals surface area contributed by atoms with E-state index in [4.69, 9.17) is 16.3 Å². The highest BCUT2D eigenvalue weighted by atomic mass is 35.5. The number of allylic oxidation sites excluding steroid dienone is 1. The second kappa shape index (κ2) is 12.0. The van der Waals surface area contributed by atoms with Crippen LogP contribution in [-0.4, -0.2) is 22.3 Å². The normalized spacial score (nSPS) is 12.6. The molecule has 0 bridgehead atoms. The van der Waals surface area contributed by atoms with Gasteiger partial charge in [0.15, 0.2) is 0 Å². The molecule has 5 rings (SSSR count). The first-order valence-electron chi connectivity index (χ1n) is 14.3. The van der Waals surface area contributed by atoms with Crippen LogP contribution in [0.5, 0.6) is 5.75 Å². The van der Waals surface area contributed by atoms with Crippen LogP contribution in [0.2, 0.25) is 5.02 Å². The number of hydrogen-bond acceptors (Lipinski definition) is 3. The summed E-state index contributed by atoms with van der Waals surface area (Å²) in [5, 5.41) is 8.60. The summed E-state index contributed by atoms with van der Waals surface area (Å²) in [5.74, 6) is 0.777. The fraction of sp³-hybridized carbons (Fsp3) is 0.314. The largest absolute Gasteiger partial charge is 0.494 e. The molecule has 0 saturated heterocycles. The number of nitrogens with one attached hydrogen (secondary N) is 1. The number of aromatic nitrogens is 2. The number of halogens is 1. The van der Waals surface area contributed by atoms with Gasteiger partial charge in [0.05, 0.1) is 12.3 Å². The third kappa shape index (κ3) is 5.82. The van der Waals surface area contributed by atoms with Crippen LogP contribution in [0, 0.1) is 27.7 Å². The summed E-state index contributed by atoms with van der Waals surface area (Å²) in [7, 11) is 1.98. The molecule has 41 heavy (non-hydrogen) atoms. The number of carbonyl (C=O) groups excluding carboxylic acids is 1. The second-order valence-corrected chi connectivity index (χ2v) is 11.3. The average Bonchev–Trinajstić information content (AvgIpc) is 3.45. The van der Waals surface area contributed by atoms with E-state index in [9.17, 15) is 4.79 Å². The van der Waals surface area contributed by atoms with E-state index in [1.807, 2.05) is 49.8 Å². The maximum Gasteiger partial charge on any atom is 0.252 e. The number of hydrogen-bond donors (Lipinski definition) is 1. The monoisotopic (exact) mass is 567 g/mol. The van der Waals surface area contributed by atoms with Gasteiger partial charge in [-0.25, -0.2) is 0 Å². The number of ether oxygens (including phenoxy) is 1. The summed E-state index contributed by atoms with van der Waals surface area (Å²) in [6.07, 6.45) is 3.08. The Morgan fingerprint density at radius 2 is 1.71 bits per heavy atom. The maximum atomic E-state index is 13.8. The molecule has 0 radical (unpaired) electrons. The lowest BCUT2D eigenvalue weighted by molar-refractivity contribution is -0.112. The Labute approximate surface area is 248 Å². The fourth-order valence-electron chi connectivity index (χ4n) is 5.87. The molecule has 212 valence electrons. The lowest BCUT2D eigenvalue weighted by Crippen LogP contribution is -2.15. The molecule has 0 aliphatic heterocycles. The number of nitrogens with zero attached hydrogens (tertiary/aromatic N) is 2. The molecule has 6 heteroatoms. The first-order valence-corrected chi connectivity index (χ1v) is 14.7. The third-order valence-electron chi connectivity index (χ3n) is 8.14. The number of fused-ring (bicyclic) bond motifs is 1. The molecule has 1 aliphatic carbocycles. The number of carbonyl (C=O) groups is 1. The van der Waals surface area contributed by atoms with Crippen molar-refractivity contribution in [3.05, 3.63) is 104 Å². The van der Waals surface area contributed by atoms with E-state index in [-0.39, 0.29) is 5.91 Å². The van der Waals surface area contributed by atoms with Crippen LogP contribution in [0.25, 0.3) is 16.7 Å². The molecule has 0 atom stereocenters. The molecule has 0 unspecified atom stereocenters. The minimum absolute atomic E-state index is 0.0455. The Bertz CT molecular complexity index is 1620. The quantitative estimate of drug-likeness (QED) is 0.207. The topological polar surface area (TPSA) is 56.1 Å². The molecule has 0 saturated carbocycles. The van der Waals surface area contributed by atoms with E-state index in [0.29, 0.717) is 13.0 Å². The molecule has 0 fully saturated rings. The van der Waals surface area contributed by atoms with Gasteiger partial charge in [0.25, 0.3) is 5.91 Å². The van der Waals surface area contributed by atoms with Crippen LogP contribution in [0.15, 0.2) is 60.2 Å². The van der Waals surface area contributed by atoms with Crippen molar-refractivity contribution in [2.75, 3.05) is 11.9 Å². The predicted molar refractivity (Wildman–Crippen MR) is 169 cm³/mol. The second-order valence-electron chi connectivity index (χ2n) is 11.0. The van der Waals surface area contributed by atoms with Crippen molar-refractivity contribution in [3.63, 3.8) is 0 Å². The van der Waals surface area contributed by atoms with Crippen molar-refractivity contribution in [2.45, 2.75) is 60.3 Å². The predicted octanol–water partition coefficient (Wildman–Crippen LogP) is 8.34. The zero-order valence-corrected chi connectivity index (χ0v) is 25.6.